The maximum absolute atomic E-state index is 11.9. The van der Waals surface area contributed by atoms with Crippen LogP contribution in [0.15, 0.2) is 18.2 Å². The number of carbonyl (C=O) groups is 3. The lowest BCUT2D eigenvalue weighted by Gasteiger charge is -2.30. The molecule has 0 spiro atoms. The van der Waals surface area contributed by atoms with Crippen molar-refractivity contribution < 1.29 is 23.9 Å². The fourth-order valence-electron chi connectivity index (χ4n) is 1.97. The Morgan fingerprint density at radius 2 is 2.10 bits per heavy atom. The van der Waals surface area contributed by atoms with Gasteiger partial charge in [-0.05, 0) is 32.0 Å². The Bertz CT molecular complexity index is 581. The smallest absolute Gasteiger partial charge is 0.379 e. The van der Waals surface area contributed by atoms with Crippen molar-refractivity contribution in [3.8, 4) is 5.75 Å². The number of carbonyl (C=O) groups excluding carboxylic acids is 3. The summed E-state index contributed by atoms with van der Waals surface area (Å²) >= 11 is 0. The summed E-state index contributed by atoms with van der Waals surface area (Å²) in [5.74, 6) is -1.36. The molecule has 1 amide bonds. The number of anilines is 1. The first kappa shape index (κ1) is 14.0. The average molecular weight is 277 g/mol. The van der Waals surface area contributed by atoms with Gasteiger partial charge < -0.3 is 14.4 Å². The van der Waals surface area contributed by atoms with Gasteiger partial charge in [-0.2, -0.15) is 0 Å². The molecule has 1 aliphatic heterocycles. The molecule has 2 rings (SSSR count). The van der Waals surface area contributed by atoms with Gasteiger partial charge >= 0.3 is 5.97 Å². The zero-order chi connectivity index (χ0) is 14.9. The molecule has 6 nitrogen and oxygen atoms in total. The number of nitrogens with zero attached hydrogens (tertiary/aromatic N) is 1. The van der Waals surface area contributed by atoms with E-state index in [9.17, 15) is 14.4 Å². The van der Waals surface area contributed by atoms with E-state index < -0.39 is 17.9 Å². The summed E-state index contributed by atoms with van der Waals surface area (Å²) in [7, 11) is 1.60. The lowest BCUT2D eigenvalue weighted by Crippen LogP contribution is -2.42. The number of ether oxygens (including phenoxy) is 2. The number of ketones is 1. The molecule has 0 fully saturated rings. The number of hydrogen-bond acceptors (Lipinski definition) is 5. The van der Waals surface area contributed by atoms with Crippen molar-refractivity contribution in [3.05, 3.63) is 23.8 Å². The minimum Gasteiger partial charge on any atom is -0.479 e. The maximum Gasteiger partial charge on any atom is 0.379 e. The molecule has 0 N–H and O–H groups in total. The molecule has 20 heavy (non-hydrogen) atoms. The Labute approximate surface area is 116 Å². The van der Waals surface area contributed by atoms with Crippen LogP contribution in [-0.2, 0) is 14.3 Å². The van der Waals surface area contributed by atoms with Gasteiger partial charge in [0.25, 0.3) is 11.7 Å². The molecule has 106 valence electrons. The van der Waals surface area contributed by atoms with Gasteiger partial charge in [0.05, 0.1) is 12.3 Å². The first-order valence-electron chi connectivity index (χ1n) is 6.25. The molecule has 1 aliphatic rings. The highest BCUT2D eigenvalue weighted by molar-refractivity contribution is 6.40. The minimum atomic E-state index is -0.911. The first-order valence-corrected chi connectivity index (χ1v) is 6.25. The third-order valence-corrected chi connectivity index (χ3v) is 3.03. The molecule has 6 heteroatoms. The molecular formula is C14H15NO5. The summed E-state index contributed by atoms with van der Waals surface area (Å²) in [5, 5.41) is 0. The average Bonchev–Trinajstić information content (AvgIpc) is 2.44. The minimum absolute atomic E-state index is 0.133. The van der Waals surface area contributed by atoms with Crippen molar-refractivity contribution in [1.29, 1.82) is 0 Å². The predicted molar refractivity (Wildman–Crippen MR) is 70.9 cm³/mol. The van der Waals surface area contributed by atoms with E-state index in [0.717, 1.165) is 0 Å². The number of Topliss-reactive ketones (excluding diaryl/α,β-unsaturated/α-hetero) is 1. The van der Waals surface area contributed by atoms with E-state index in [0.29, 0.717) is 11.4 Å². The van der Waals surface area contributed by atoms with Crippen LogP contribution in [0.5, 0.6) is 5.75 Å². The summed E-state index contributed by atoms with van der Waals surface area (Å²) in [4.78, 5) is 36.5. The van der Waals surface area contributed by atoms with Crippen LogP contribution in [0.1, 0.15) is 24.2 Å². The van der Waals surface area contributed by atoms with Crippen molar-refractivity contribution in [2.45, 2.75) is 20.0 Å². The molecule has 1 heterocycles. The topological polar surface area (TPSA) is 72.9 Å². The van der Waals surface area contributed by atoms with Crippen molar-refractivity contribution in [2.75, 3.05) is 18.6 Å². The van der Waals surface area contributed by atoms with Crippen LogP contribution in [0.4, 0.5) is 5.69 Å². The maximum atomic E-state index is 11.9. The number of amides is 1. The highest BCUT2D eigenvalue weighted by atomic mass is 16.5. The van der Waals surface area contributed by atoms with Gasteiger partial charge in [0.1, 0.15) is 5.75 Å². The van der Waals surface area contributed by atoms with Crippen LogP contribution < -0.4 is 9.64 Å². The third kappa shape index (κ3) is 2.36. The second-order valence-corrected chi connectivity index (χ2v) is 4.39. The highest BCUT2D eigenvalue weighted by Gasteiger charge is 2.30. The highest BCUT2D eigenvalue weighted by Crippen LogP contribution is 2.34. The van der Waals surface area contributed by atoms with Crippen LogP contribution in [-0.4, -0.2) is 37.4 Å². The van der Waals surface area contributed by atoms with E-state index in [1.165, 1.54) is 17.0 Å². The number of benzene rings is 1. The predicted octanol–water partition coefficient (Wildman–Crippen LogP) is 1.18. The number of likely N-dealkylation sites (N-methyl/N-ethyl adjacent to an activating group) is 1. The van der Waals surface area contributed by atoms with E-state index >= 15 is 0 Å². The lowest BCUT2D eigenvalue weighted by atomic mass is 10.1. The van der Waals surface area contributed by atoms with Gasteiger partial charge in [-0.3, -0.25) is 9.59 Å². The van der Waals surface area contributed by atoms with Gasteiger partial charge in [0.15, 0.2) is 6.10 Å². The van der Waals surface area contributed by atoms with Crippen LogP contribution >= 0.6 is 0 Å². The Morgan fingerprint density at radius 1 is 1.40 bits per heavy atom. The Balaban J connectivity index is 2.35. The molecule has 0 saturated carbocycles. The summed E-state index contributed by atoms with van der Waals surface area (Å²) in [6.07, 6.45) is -0.570. The van der Waals surface area contributed by atoms with Crippen molar-refractivity contribution in [1.82, 2.24) is 0 Å². The van der Waals surface area contributed by atoms with Crippen molar-refractivity contribution in [2.24, 2.45) is 0 Å². The molecule has 1 atom stereocenters. The number of fused-ring (bicyclic) bond motifs is 1. The largest absolute Gasteiger partial charge is 0.479 e. The van der Waals surface area contributed by atoms with E-state index in [1.54, 1.807) is 27.0 Å². The molecule has 0 aliphatic carbocycles. The van der Waals surface area contributed by atoms with Gasteiger partial charge in [0, 0.05) is 12.6 Å². The summed E-state index contributed by atoms with van der Waals surface area (Å²) < 4.78 is 10.1. The SMILES string of the molecule is CCOC(=O)C(=O)c1ccc2c(c1)N(C)C(=O)C(C)O2. The zero-order valence-electron chi connectivity index (χ0n) is 11.5. The molecule has 1 aromatic carbocycles. The first-order chi connectivity index (χ1) is 9.45. The van der Waals surface area contributed by atoms with E-state index in [4.69, 9.17) is 4.74 Å². The van der Waals surface area contributed by atoms with E-state index in [1.807, 2.05) is 0 Å². The third-order valence-electron chi connectivity index (χ3n) is 3.03. The fraction of sp³-hybridized carbons (Fsp3) is 0.357. The Hall–Kier alpha value is -2.37. The monoisotopic (exact) mass is 277 g/mol. The summed E-state index contributed by atoms with van der Waals surface area (Å²) in [6.45, 7) is 3.41. The summed E-state index contributed by atoms with van der Waals surface area (Å²) in [6, 6.07) is 4.51. The molecule has 0 bridgehead atoms. The Morgan fingerprint density at radius 3 is 2.75 bits per heavy atom. The standard InChI is InChI=1S/C14H15NO5/c1-4-19-14(18)12(16)9-5-6-11-10(7-9)15(3)13(17)8(2)20-11/h5-8H,4H2,1-3H3. The second-order valence-electron chi connectivity index (χ2n) is 4.39. The van der Waals surface area contributed by atoms with Gasteiger partial charge in [0.2, 0.25) is 0 Å². The number of esters is 1. The Kier molecular flexibility index (Phi) is 3.74. The zero-order valence-corrected chi connectivity index (χ0v) is 11.5. The number of rotatable bonds is 3. The molecule has 0 radical (unpaired) electrons. The normalized spacial score (nSPS) is 17.2. The quantitative estimate of drug-likeness (QED) is 0.471. The van der Waals surface area contributed by atoms with E-state index in [2.05, 4.69) is 4.74 Å². The van der Waals surface area contributed by atoms with Crippen molar-refractivity contribution >= 4 is 23.3 Å². The van der Waals surface area contributed by atoms with Crippen LogP contribution in [0.3, 0.4) is 0 Å². The molecule has 1 aromatic rings. The van der Waals surface area contributed by atoms with Crippen LogP contribution in [0.2, 0.25) is 0 Å². The second kappa shape index (κ2) is 5.32. The number of hydrogen-bond donors (Lipinski definition) is 0. The molecule has 1 unspecified atom stereocenters. The molecule has 0 aromatic heterocycles. The molecule has 0 saturated heterocycles. The van der Waals surface area contributed by atoms with E-state index in [-0.39, 0.29) is 18.1 Å². The van der Waals surface area contributed by atoms with Crippen LogP contribution in [0.25, 0.3) is 0 Å². The lowest BCUT2D eigenvalue weighted by molar-refractivity contribution is -0.137. The molecular weight excluding hydrogens is 262 g/mol. The van der Waals surface area contributed by atoms with Gasteiger partial charge in [-0.25, -0.2) is 4.79 Å². The van der Waals surface area contributed by atoms with Gasteiger partial charge in [-0.1, -0.05) is 0 Å². The van der Waals surface area contributed by atoms with Crippen LogP contribution in [0, 0.1) is 0 Å². The van der Waals surface area contributed by atoms with Crippen molar-refractivity contribution in [3.63, 3.8) is 0 Å². The fourth-order valence-corrected chi connectivity index (χ4v) is 1.97. The summed E-state index contributed by atoms with van der Waals surface area (Å²) in [5.41, 5.74) is 0.628. The van der Waals surface area contributed by atoms with Gasteiger partial charge in [-0.15, -0.1) is 0 Å².